The van der Waals surface area contributed by atoms with E-state index in [-0.39, 0.29) is 28.9 Å². The van der Waals surface area contributed by atoms with Gasteiger partial charge in [0, 0.05) is 5.41 Å². The van der Waals surface area contributed by atoms with Crippen LogP contribution in [0.15, 0.2) is 60.7 Å². The number of hydrogen-bond acceptors (Lipinski definition) is 5. The first kappa shape index (κ1) is 27.5. The van der Waals surface area contributed by atoms with E-state index in [4.69, 9.17) is 9.47 Å². The molecule has 0 amide bonds. The Morgan fingerprint density at radius 2 is 1.43 bits per heavy atom. The van der Waals surface area contributed by atoms with E-state index in [1.54, 1.807) is 12.1 Å². The van der Waals surface area contributed by atoms with Crippen molar-refractivity contribution in [1.29, 1.82) is 0 Å². The van der Waals surface area contributed by atoms with Gasteiger partial charge in [-0.25, -0.2) is 9.59 Å². The summed E-state index contributed by atoms with van der Waals surface area (Å²) in [4.78, 5) is 25.6. The number of carbonyl (C=O) groups is 2. The summed E-state index contributed by atoms with van der Waals surface area (Å²) in [6.07, 6.45) is 8.44. The third kappa shape index (κ3) is 4.40. The fourth-order valence-corrected chi connectivity index (χ4v) is 9.74. The largest absolute Gasteiger partial charge is 0.459 e. The molecule has 214 valence electrons. The van der Waals surface area contributed by atoms with Crippen LogP contribution in [0.4, 0.5) is 0 Å². The second-order valence-electron chi connectivity index (χ2n) is 13.7. The van der Waals surface area contributed by atoms with E-state index >= 15 is 0 Å². The molecule has 0 aromatic heterocycles. The summed E-state index contributed by atoms with van der Waals surface area (Å²) in [5.74, 6) is 1.63. The lowest BCUT2D eigenvalue weighted by Gasteiger charge is -2.62. The van der Waals surface area contributed by atoms with E-state index in [1.807, 2.05) is 55.5 Å². The Morgan fingerprint density at radius 1 is 0.800 bits per heavy atom. The summed E-state index contributed by atoms with van der Waals surface area (Å²) in [5, 5.41) is 12.2. The summed E-state index contributed by atoms with van der Waals surface area (Å²) in [5.41, 5.74) is 0.109. The predicted molar refractivity (Wildman–Crippen MR) is 154 cm³/mol. The van der Waals surface area contributed by atoms with Crippen molar-refractivity contribution in [3.63, 3.8) is 0 Å². The van der Waals surface area contributed by atoms with Crippen LogP contribution in [-0.2, 0) is 9.47 Å². The minimum absolute atomic E-state index is 0.00657. The van der Waals surface area contributed by atoms with Crippen molar-refractivity contribution < 1.29 is 24.2 Å². The van der Waals surface area contributed by atoms with Gasteiger partial charge in [-0.2, -0.15) is 0 Å². The van der Waals surface area contributed by atoms with Crippen molar-refractivity contribution >= 4 is 11.9 Å². The van der Waals surface area contributed by atoms with Crippen LogP contribution in [0, 0.1) is 34.5 Å². The van der Waals surface area contributed by atoms with Gasteiger partial charge < -0.3 is 14.6 Å². The van der Waals surface area contributed by atoms with Gasteiger partial charge in [-0.1, -0.05) is 50.2 Å². The molecule has 0 heterocycles. The molecule has 4 aliphatic rings. The maximum Gasteiger partial charge on any atom is 0.338 e. The summed E-state index contributed by atoms with van der Waals surface area (Å²) >= 11 is 0. The summed E-state index contributed by atoms with van der Waals surface area (Å²) < 4.78 is 11.9. The molecule has 0 spiro atoms. The maximum absolute atomic E-state index is 12.9. The van der Waals surface area contributed by atoms with E-state index in [0.29, 0.717) is 41.2 Å². The second-order valence-corrected chi connectivity index (χ2v) is 13.7. The molecule has 5 nitrogen and oxygen atoms in total. The molecule has 9 atom stereocenters. The topological polar surface area (TPSA) is 72.8 Å². The van der Waals surface area contributed by atoms with Crippen molar-refractivity contribution in [3.8, 4) is 0 Å². The molecule has 40 heavy (non-hydrogen) atoms. The van der Waals surface area contributed by atoms with E-state index in [1.165, 1.54) is 6.42 Å². The van der Waals surface area contributed by atoms with E-state index < -0.39 is 11.7 Å². The van der Waals surface area contributed by atoms with Crippen molar-refractivity contribution in [2.75, 3.05) is 0 Å². The van der Waals surface area contributed by atoms with Gasteiger partial charge in [0.15, 0.2) is 0 Å². The van der Waals surface area contributed by atoms with Gasteiger partial charge in [-0.15, -0.1) is 0 Å². The molecule has 0 bridgehead atoms. The van der Waals surface area contributed by atoms with Crippen LogP contribution in [0.2, 0.25) is 0 Å². The standard InChI is InChI=1S/C35H44O5/c1-23(39-31(36)24-10-6-4-7-11-24)35(38)21-18-30-28-15-14-26-22-27(40-32(37)25-12-8-5-9-13-25)16-19-33(26,2)29(28)17-20-34(30,35)3/h4-13,23,26-30,38H,14-22H2,1-3H3/t23-,26-,27+,28+,29+,30+,33-,34+,35+/m0/s1. The highest BCUT2D eigenvalue weighted by atomic mass is 16.6. The average molecular weight is 545 g/mol. The molecule has 0 unspecified atom stereocenters. The van der Waals surface area contributed by atoms with Gasteiger partial charge in [-0.05, 0) is 118 Å². The smallest absolute Gasteiger partial charge is 0.338 e. The van der Waals surface area contributed by atoms with Crippen LogP contribution in [0.1, 0.15) is 99.3 Å². The lowest BCUT2D eigenvalue weighted by Crippen LogP contribution is -2.60. The molecular formula is C35H44O5. The van der Waals surface area contributed by atoms with Crippen molar-refractivity contribution in [3.05, 3.63) is 71.8 Å². The molecule has 6 rings (SSSR count). The first-order valence-electron chi connectivity index (χ1n) is 15.4. The van der Waals surface area contributed by atoms with Gasteiger partial charge >= 0.3 is 11.9 Å². The van der Waals surface area contributed by atoms with Gasteiger partial charge in [0.1, 0.15) is 17.8 Å². The number of benzene rings is 2. The Hall–Kier alpha value is -2.66. The van der Waals surface area contributed by atoms with Crippen molar-refractivity contribution in [1.82, 2.24) is 0 Å². The Balaban J connectivity index is 1.14. The zero-order valence-electron chi connectivity index (χ0n) is 24.2. The third-order valence-corrected chi connectivity index (χ3v) is 12.1. The van der Waals surface area contributed by atoms with E-state index in [0.717, 1.165) is 44.9 Å². The lowest BCUT2D eigenvalue weighted by molar-refractivity contribution is -0.187. The van der Waals surface area contributed by atoms with Crippen molar-refractivity contribution in [2.24, 2.45) is 34.5 Å². The van der Waals surface area contributed by atoms with E-state index in [2.05, 4.69) is 13.8 Å². The molecule has 2 aromatic carbocycles. The molecule has 0 saturated heterocycles. The predicted octanol–water partition coefficient (Wildman–Crippen LogP) is 7.23. The van der Waals surface area contributed by atoms with Gasteiger partial charge in [0.05, 0.1) is 11.1 Å². The lowest BCUT2D eigenvalue weighted by atomic mass is 9.44. The molecule has 5 heteroatoms. The fourth-order valence-electron chi connectivity index (χ4n) is 9.74. The fraction of sp³-hybridized carbons (Fsp3) is 0.600. The van der Waals surface area contributed by atoms with Gasteiger partial charge in [-0.3, -0.25) is 0 Å². The Bertz CT molecular complexity index is 1230. The summed E-state index contributed by atoms with van der Waals surface area (Å²) in [7, 11) is 0. The Morgan fingerprint density at radius 3 is 2.10 bits per heavy atom. The number of carbonyl (C=O) groups excluding carboxylic acids is 2. The highest BCUT2D eigenvalue weighted by Crippen LogP contribution is 2.69. The zero-order valence-corrected chi connectivity index (χ0v) is 24.2. The number of rotatable bonds is 5. The third-order valence-electron chi connectivity index (χ3n) is 12.1. The molecule has 0 radical (unpaired) electrons. The highest BCUT2D eigenvalue weighted by Gasteiger charge is 2.66. The molecular weight excluding hydrogens is 500 g/mol. The van der Waals surface area contributed by atoms with Crippen LogP contribution in [0.25, 0.3) is 0 Å². The van der Waals surface area contributed by atoms with Crippen molar-refractivity contribution in [2.45, 2.75) is 96.4 Å². The molecule has 1 N–H and O–H groups in total. The Kier molecular flexibility index (Phi) is 7.09. The Labute approximate surface area is 238 Å². The van der Waals surface area contributed by atoms with Crippen LogP contribution in [0.3, 0.4) is 0 Å². The van der Waals surface area contributed by atoms with Gasteiger partial charge in [0.2, 0.25) is 0 Å². The first-order valence-corrected chi connectivity index (χ1v) is 15.4. The number of fused-ring (bicyclic) bond motifs is 5. The number of aliphatic hydroxyl groups is 1. The summed E-state index contributed by atoms with van der Waals surface area (Å²) in [6, 6.07) is 18.4. The van der Waals surface area contributed by atoms with Crippen LogP contribution >= 0.6 is 0 Å². The average Bonchev–Trinajstić information content (AvgIpc) is 3.25. The normalized spacial score (nSPS) is 39.2. The molecule has 4 fully saturated rings. The van der Waals surface area contributed by atoms with Crippen LogP contribution < -0.4 is 0 Å². The number of esters is 2. The molecule has 0 aliphatic heterocycles. The van der Waals surface area contributed by atoms with Crippen LogP contribution in [0.5, 0.6) is 0 Å². The minimum atomic E-state index is -1.02. The number of hydrogen-bond donors (Lipinski definition) is 1. The molecule has 4 saturated carbocycles. The molecule has 2 aromatic rings. The minimum Gasteiger partial charge on any atom is -0.459 e. The number of ether oxygens (including phenoxy) is 2. The summed E-state index contributed by atoms with van der Waals surface area (Å²) in [6.45, 7) is 6.65. The second kappa shape index (κ2) is 10.3. The zero-order chi connectivity index (χ0) is 28.1. The van der Waals surface area contributed by atoms with Crippen LogP contribution in [-0.4, -0.2) is 34.9 Å². The maximum atomic E-state index is 12.9. The molecule has 4 aliphatic carbocycles. The highest BCUT2D eigenvalue weighted by molar-refractivity contribution is 5.89. The quantitative estimate of drug-likeness (QED) is 0.402. The monoisotopic (exact) mass is 544 g/mol. The first-order chi connectivity index (χ1) is 19.2. The van der Waals surface area contributed by atoms with E-state index in [9.17, 15) is 14.7 Å². The SMILES string of the molecule is C[C@H](OC(=O)c1ccccc1)[C@]1(O)CC[C@@H]2[C@@H]3CC[C@H]4C[C@H](OC(=O)c5ccccc5)CC[C@]4(C)[C@@H]3CC[C@]21C. The van der Waals surface area contributed by atoms with Gasteiger partial charge in [0.25, 0.3) is 0 Å².